The first kappa shape index (κ1) is 16.7. The molecule has 1 aromatic carbocycles. The van der Waals surface area contributed by atoms with Gasteiger partial charge in [-0.3, -0.25) is 4.90 Å². The lowest BCUT2D eigenvalue weighted by Crippen LogP contribution is -2.31. The molecule has 0 aliphatic heterocycles. The summed E-state index contributed by atoms with van der Waals surface area (Å²) in [5, 5.41) is 20.8. The Morgan fingerprint density at radius 1 is 1.32 bits per heavy atom. The van der Waals surface area contributed by atoms with E-state index in [1.54, 1.807) is 11.3 Å². The average Bonchev–Trinajstić information content (AvgIpc) is 3.01. The molecule has 1 atom stereocenters. The summed E-state index contributed by atoms with van der Waals surface area (Å²) >= 11 is 1.65. The van der Waals surface area contributed by atoms with Crippen LogP contribution in [0.25, 0.3) is 0 Å². The van der Waals surface area contributed by atoms with Gasteiger partial charge in [0.2, 0.25) is 0 Å². The second-order valence-corrected chi connectivity index (χ2v) is 6.29. The third-order valence-corrected chi connectivity index (χ3v) is 4.04. The predicted octanol–water partition coefficient (Wildman–Crippen LogP) is 2.63. The van der Waals surface area contributed by atoms with Crippen molar-refractivity contribution < 1.29 is 9.84 Å². The molecule has 5 heteroatoms. The number of hydrogen-bond donors (Lipinski definition) is 1. The first-order chi connectivity index (χ1) is 10.7. The van der Waals surface area contributed by atoms with Crippen molar-refractivity contribution in [1.29, 1.82) is 5.26 Å². The van der Waals surface area contributed by atoms with E-state index < -0.39 is 6.10 Å². The molecular formula is C17H20N2O2S. The monoisotopic (exact) mass is 316 g/mol. The Morgan fingerprint density at radius 2 is 2.09 bits per heavy atom. The zero-order valence-corrected chi connectivity index (χ0v) is 13.4. The van der Waals surface area contributed by atoms with Gasteiger partial charge < -0.3 is 9.84 Å². The van der Waals surface area contributed by atoms with Gasteiger partial charge in [-0.1, -0.05) is 18.2 Å². The van der Waals surface area contributed by atoms with E-state index in [1.165, 1.54) is 0 Å². The van der Waals surface area contributed by atoms with Gasteiger partial charge in [0, 0.05) is 18.0 Å². The summed E-state index contributed by atoms with van der Waals surface area (Å²) in [5.74, 6) is 0. The van der Waals surface area contributed by atoms with Crippen LogP contribution in [-0.4, -0.2) is 36.3 Å². The number of likely N-dealkylation sites (N-methyl/N-ethyl adjacent to an activating group) is 1. The molecule has 0 radical (unpaired) electrons. The van der Waals surface area contributed by atoms with Crippen LogP contribution < -0.4 is 0 Å². The summed E-state index contributed by atoms with van der Waals surface area (Å²) in [6, 6.07) is 13.6. The lowest BCUT2D eigenvalue weighted by Gasteiger charge is -2.20. The van der Waals surface area contributed by atoms with Crippen LogP contribution in [0.2, 0.25) is 0 Å². The molecule has 0 aliphatic carbocycles. The van der Waals surface area contributed by atoms with Crippen molar-refractivity contribution in [1.82, 2.24) is 4.90 Å². The topological polar surface area (TPSA) is 56.5 Å². The highest BCUT2D eigenvalue weighted by atomic mass is 32.1. The standard InChI is InChI=1S/C17H20N2O2S/c1-19(10-15-6-4-14(9-18)5-7-15)11-16(20)12-21-13-17-3-2-8-22-17/h2-8,16,20H,10-13H2,1H3. The van der Waals surface area contributed by atoms with E-state index in [1.807, 2.05) is 53.7 Å². The van der Waals surface area contributed by atoms with Crippen molar-refractivity contribution in [2.24, 2.45) is 0 Å². The molecule has 22 heavy (non-hydrogen) atoms. The zero-order chi connectivity index (χ0) is 15.8. The molecule has 0 fully saturated rings. The number of benzene rings is 1. The van der Waals surface area contributed by atoms with Crippen LogP contribution in [0, 0.1) is 11.3 Å². The highest BCUT2D eigenvalue weighted by molar-refractivity contribution is 7.09. The highest BCUT2D eigenvalue weighted by Gasteiger charge is 2.09. The molecule has 1 heterocycles. The molecule has 1 N–H and O–H groups in total. The number of ether oxygens (including phenoxy) is 1. The van der Waals surface area contributed by atoms with E-state index in [2.05, 4.69) is 6.07 Å². The van der Waals surface area contributed by atoms with Crippen LogP contribution in [0.4, 0.5) is 0 Å². The SMILES string of the molecule is CN(Cc1ccc(C#N)cc1)CC(O)COCc1cccs1. The smallest absolute Gasteiger partial charge is 0.0991 e. The van der Waals surface area contributed by atoms with E-state index in [9.17, 15) is 5.11 Å². The van der Waals surface area contributed by atoms with Crippen molar-refractivity contribution in [3.63, 3.8) is 0 Å². The van der Waals surface area contributed by atoms with Gasteiger partial charge in [-0.15, -0.1) is 11.3 Å². The van der Waals surface area contributed by atoms with Gasteiger partial charge in [-0.25, -0.2) is 0 Å². The lowest BCUT2D eigenvalue weighted by atomic mass is 10.1. The van der Waals surface area contributed by atoms with Gasteiger partial charge >= 0.3 is 0 Å². The van der Waals surface area contributed by atoms with E-state index in [0.717, 1.165) is 17.0 Å². The molecule has 116 valence electrons. The van der Waals surface area contributed by atoms with Gasteiger partial charge in [-0.2, -0.15) is 5.26 Å². The average molecular weight is 316 g/mol. The maximum absolute atomic E-state index is 10.0. The van der Waals surface area contributed by atoms with Crippen LogP contribution in [0.1, 0.15) is 16.0 Å². The van der Waals surface area contributed by atoms with E-state index in [4.69, 9.17) is 10.00 Å². The van der Waals surface area contributed by atoms with Crippen molar-refractivity contribution in [3.8, 4) is 6.07 Å². The summed E-state index contributed by atoms with van der Waals surface area (Å²) in [5.41, 5.74) is 1.78. The fourth-order valence-corrected chi connectivity index (χ4v) is 2.80. The van der Waals surface area contributed by atoms with Crippen LogP contribution in [0.15, 0.2) is 41.8 Å². The second kappa shape index (κ2) is 8.66. The number of hydrogen-bond acceptors (Lipinski definition) is 5. The Morgan fingerprint density at radius 3 is 2.73 bits per heavy atom. The van der Waals surface area contributed by atoms with Gasteiger partial charge in [0.25, 0.3) is 0 Å². The van der Waals surface area contributed by atoms with Crippen LogP contribution in [0.3, 0.4) is 0 Å². The molecule has 0 spiro atoms. The number of aliphatic hydroxyl groups excluding tert-OH is 1. The molecule has 0 bridgehead atoms. The second-order valence-electron chi connectivity index (χ2n) is 5.25. The maximum atomic E-state index is 10.0. The number of nitrogens with zero attached hydrogens (tertiary/aromatic N) is 2. The van der Waals surface area contributed by atoms with Crippen molar-refractivity contribution >= 4 is 11.3 Å². The fourth-order valence-electron chi connectivity index (χ4n) is 2.16. The number of aliphatic hydroxyl groups is 1. The summed E-state index contributed by atoms with van der Waals surface area (Å²) < 4.78 is 5.52. The molecule has 4 nitrogen and oxygen atoms in total. The minimum atomic E-state index is -0.511. The lowest BCUT2D eigenvalue weighted by molar-refractivity contribution is 0.0135. The Balaban J connectivity index is 1.68. The summed E-state index contributed by atoms with van der Waals surface area (Å²) in [4.78, 5) is 3.21. The summed E-state index contributed by atoms with van der Waals surface area (Å²) in [6.45, 7) is 2.15. The molecule has 0 saturated heterocycles. The van der Waals surface area contributed by atoms with Gasteiger partial charge in [0.05, 0.1) is 31.0 Å². The first-order valence-corrected chi connectivity index (χ1v) is 8.01. The zero-order valence-electron chi connectivity index (χ0n) is 12.6. The Hall–Kier alpha value is -1.71. The Labute approximate surface area is 135 Å². The predicted molar refractivity (Wildman–Crippen MR) is 87.5 cm³/mol. The number of nitriles is 1. The van der Waals surface area contributed by atoms with Crippen molar-refractivity contribution in [2.75, 3.05) is 20.2 Å². The molecule has 2 aromatic rings. The molecule has 2 rings (SSSR count). The number of rotatable bonds is 8. The number of thiophene rings is 1. The molecule has 1 unspecified atom stereocenters. The van der Waals surface area contributed by atoms with Crippen LogP contribution in [-0.2, 0) is 17.9 Å². The molecule has 0 saturated carbocycles. The third kappa shape index (κ3) is 5.58. The third-order valence-electron chi connectivity index (χ3n) is 3.19. The van der Waals surface area contributed by atoms with Crippen LogP contribution >= 0.6 is 11.3 Å². The van der Waals surface area contributed by atoms with Crippen molar-refractivity contribution in [3.05, 3.63) is 57.8 Å². The largest absolute Gasteiger partial charge is 0.389 e. The Kier molecular flexibility index (Phi) is 6.56. The summed E-state index contributed by atoms with van der Waals surface area (Å²) in [6.07, 6.45) is -0.511. The van der Waals surface area contributed by atoms with E-state index in [0.29, 0.717) is 25.3 Å². The van der Waals surface area contributed by atoms with Gasteiger partial charge in [0.15, 0.2) is 0 Å². The highest BCUT2D eigenvalue weighted by Crippen LogP contribution is 2.10. The molecular weight excluding hydrogens is 296 g/mol. The van der Waals surface area contributed by atoms with E-state index >= 15 is 0 Å². The first-order valence-electron chi connectivity index (χ1n) is 7.13. The fraction of sp³-hybridized carbons (Fsp3) is 0.353. The molecule has 1 aromatic heterocycles. The molecule has 0 amide bonds. The van der Waals surface area contributed by atoms with Gasteiger partial charge in [-0.05, 0) is 36.2 Å². The van der Waals surface area contributed by atoms with Crippen molar-refractivity contribution in [2.45, 2.75) is 19.3 Å². The minimum Gasteiger partial charge on any atom is -0.389 e. The molecule has 0 aliphatic rings. The normalized spacial score (nSPS) is 12.3. The van der Waals surface area contributed by atoms with Gasteiger partial charge in [0.1, 0.15) is 0 Å². The van der Waals surface area contributed by atoms with E-state index in [-0.39, 0.29) is 0 Å². The Bertz CT molecular complexity index is 590. The minimum absolute atomic E-state index is 0.329. The summed E-state index contributed by atoms with van der Waals surface area (Å²) in [7, 11) is 1.96. The van der Waals surface area contributed by atoms with Crippen LogP contribution in [0.5, 0.6) is 0 Å². The quantitative estimate of drug-likeness (QED) is 0.813. The maximum Gasteiger partial charge on any atom is 0.0991 e.